The number of alkyl halides is 3. The van der Waals surface area contributed by atoms with Crippen molar-refractivity contribution in [2.24, 2.45) is 0 Å². The highest BCUT2D eigenvalue weighted by Gasteiger charge is 2.35. The predicted molar refractivity (Wildman–Crippen MR) is 52.9 cm³/mol. The zero-order valence-electron chi connectivity index (χ0n) is 7.47. The highest BCUT2D eigenvalue weighted by molar-refractivity contribution is 7.73. The number of halogens is 3. The van der Waals surface area contributed by atoms with E-state index >= 15 is 0 Å². The van der Waals surface area contributed by atoms with E-state index in [-0.39, 0.29) is 9.90 Å². The van der Waals surface area contributed by atoms with Crippen molar-refractivity contribution in [2.75, 3.05) is 0 Å². The molecule has 0 aliphatic carbocycles. The molecule has 0 aliphatic rings. The molecule has 0 bridgehead atoms. The van der Waals surface area contributed by atoms with Crippen molar-refractivity contribution in [1.29, 1.82) is 0 Å². The predicted octanol–water partition coefficient (Wildman–Crippen LogP) is 2.47. The lowest BCUT2D eigenvalue weighted by Gasteiger charge is -1.99. The molecule has 2 aromatic heterocycles. The molecule has 0 N–H and O–H groups in total. The fourth-order valence-electron chi connectivity index (χ4n) is 0.920. The van der Waals surface area contributed by atoms with Gasteiger partial charge in [-0.3, -0.25) is 0 Å². The monoisotopic (exact) mass is 264 g/mol. The molecule has 0 saturated carbocycles. The number of hydrogen-bond donors (Lipinski definition) is 0. The molecule has 2 rings (SSSR count). The van der Waals surface area contributed by atoms with Crippen molar-refractivity contribution >= 4 is 23.6 Å². The van der Waals surface area contributed by atoms with Gasteiger partial charge in [0, 0.05) is 12.4 Å². The molecule has 84 valence electrons. The molecular formula is C7H3F3N4S2. The third-order valence-electron chi connectivity index (χ3n) is 1.53. The van der Waals surface area contributed by atoms with Crippen LogP contribution in [0.2, 0.25) is 0 Å². The van der Waals surface area contributed by atoms with Gasteiger partial charge in [-0.1, -0.05) is 11.3 Å². The minimum atomic E-state index is -4.50. The van der Waals surface area contributed by atoms with Gasteiger partial charge in [0.1, 0.15) is 0 Å². The molecule has 4 nitrogen and oxygen atoms in total. The molecule has 2 aromatic rings. The maximum absolute atomic E-state index is 12.3. The number of aromatic nitrogens is 4. The molecule has 0 unspecified atom stereocenters. The number of nitrogens with zero attached hydrogens (tertiary/aromatic N) is 4. The van der Waals surface area contributed by atoms with E-state index in [1.54, 1.807) is 6.07 Å². The average molecular weight is 264 g/mol. The molecule has 0 amide bonds. The molecule has 0 fully saturated rings. The van der Waals surface area contributed by atoms with Crippen molar-refractivity contribution in [2.45, 2.75) is 6.18 Å². The first-order valence-corrected chi connectivity index (χ1v) is 5.16. The Labute approximate surface area is 96.4 Å². The average Bonchev–Trinajstić information content (AvgIpc) is 2.61. The van der Waals surface area contributed by atoms with Gasteiger partial charge in [-0.25, -0.2) is 9.97 Å². The number of rotatable bonds is 1. The molecule has 0 spiro atoms. The molecule has 2 heterocycles. The van der Waals surface area contributed by atoms with Gasteiger partial charge in [0.05, 0.1) is 0 Å². The fraction of sp³-hybridized carbons (Fsp3) is 0.143. The Morgan fingerprint density at radius 2 is 1.88 bits per heavy atom. The summed E-state index contributed by atoms with van der Waals surface area (Å²) in [5.41, 5.74) is 0. The zero-order chi connectivity index (χ0) is 11.8. The summed E-state index contributed by atoms with van der Waals surface area (Å²) < 4.78 is 37.9. The first-order chi connectivity index (χ1) is 7.48. The van der Waals surface area contributed by atoms with Gasteiger partial charge in [0.25, 0.3) is 5.95 Å². The van der Waals surface area contributed by atoms with Crippen molar-refractivity contribution < 1.29 is 13.2 Å². The SMILES string of the molecule is FC(F)(F)c1nn(-c2ncccn2)c(=S)s1. The maximum atomic E-state index is 12.3. The summed E-state index contributed by atoms with van der Waals surface area (Å²) in [4.78, 5) is 7.53. The Bertz CT molecular complexity index is 545. The topological polar surface area (TPSA) is 43.6 Å². The van der Waals surface area contributed by atoms with E-state index < -0.39 is 11.2 Å². The minimum Gasteiger partial charge on any atom is -0.220 e. The van der Waals surface area contributed by atoms with Crippen molar-refractivity contribution in [3.63, 3.8) is 0 Å². The van der Waals surface area contributed by atoms with Crippen LogP contribution in [0.15, 0.2) is 18.5 Å². The van der Waals surface area contributed by atoms with E-state index in [2.05, 4.69) is 15.1 Å². The van der Waals surface area contributed by atoms with E-state index in [0.717, 1.165) is 4.68 Å². The first-order valence-electron chi connectivity index (χ1n) is 3.93. The van der Waals surface area contributed by atoms with Gasteiger partial charge in [-0.15, -0.1) is 5.10 Å². The van der Waals surface area contributed by atoms with E-state index in [9.17, 15) is 13.2 Å². The Hall–Kier alpha value is -1.35. The van der Waals surface area contributed by atoms with Crippen LogP contribution in [0.25, 0.3) is 5.95 Å². The highest BCUT2D eigenvalue weighted by atomic mass is 32.1. The largest absolute Gasteiger partial charge is 0.445 e. The van der Waals surface area contributed by atoms with E-state index in [0.29, 0.717) is 11.3 Å². The number of hydrogen-bond acceptors (Lipinski definition) is 5. The summed E-state index contributed by atoms with van der Waals surface area (Å²) in [6, 6.07) is 1.55. The Kier molecular flexibility index (Phi) is 2.72. The Morgan fingerprint density at radius 3 is 2.38 bits per heavy atom. The molecule has 0 radical (unpaired) electrons. The van der Waals surface area contributed by atoms with Crippen LogP contribution in [0.3, 0.4) is 0 Å². The van der Waals surface area contributed by atoms with Gasteiger partial charge in [0.15, 0.2) is 3.95 Å². The lowest BCUT2D eigenvalue weighted by Crippen LogP contribution is -2.08. The normalized spacial score (nSPS) is 11.7. The van der Waals surface area contributed by atoms with Gasteiger partial charge < -0.3 is 0 Å². The highest BCUT2D eigenvalue weighted by Crippen LogP contribution is 2.31. The van der Waals surface area contributed by atoms with Gasteiger partial charge in [-0.2, -0.15) is 17.9 Å². The molecular weight excluding hydrogens is 261 g/mol. The molecule has 0 aromatic carbocycles. The molecule has 9 heteroatoms. The molecule has 16 heavy (non-hydrogen) atoms. The summed E-state index contributed by atoms with van der Waals surface area (Å²) in [7, 11) is 0. The standard InChI is InChI=1S/C7H3F3N4S2/c8-7(9,10)4-13-14(6(15)16-4)5-11-2-1-3-12-5/h1-3H. The first kappa shape index (κ1) is 11.1. The van der Waals surface area contributed by atoms with Crippen LogP contribution in [-0.2, 0) is 6.18 Å². The van der Waals surface area contributed by atoms with Crippen LogP contribution in [0.5, 0.6) is 0 Å². The van der Waals surface area contributed by atoms with E-state index in [1.807, 2.05) is 0 Å². The maximum Gasteiger partial charge on any atom is 0.445 e. The second-order valence-corrected chi connectivity index (χ2v) is 4.25. The van der Waals surface area contributed by atoms with Gasteiger partial charge in [-0.05, 0) is 18.3 Å². The van der Waals surface area contributed by atoms with Gasteiger partial charge in [0.2, 0.25) is 5.01 Å². The van der Waals surface area contributed by atoms with E-state index in [4.69, 9.17) is 12.2 Å². The quantitative estimate of drug-likeness (QED) is 0.742. The third-order valence-corrected chi connectivity index (χ3v) is 2.81. The van der Waals surface area contributed by atoms with Crippen LogP contribution in [0, 0.1) is 3.95 Å². The van der Waals surface area contributed by atoms with Crippen molar-refractivity contribution in [3.8, 4) is 5.95 Å². The zero-order valence-corrected chi connectivity index (χ0v) is 9.10. The summed E-state index contributed by atoms with van der Waals surface area (Å²) >= 11 is 5.14. The van der Waals surface area contributed by atoms with E-state index in [1.165, 1.54) is 12.4 Å². The van der Waals surface area contributed by atoms with Crippen LogP contribution in [0.4, 0.5) is 13.2 Å². The van der Waals surface area contributed by atoms with Crippen LogP contribution >= 0.6 is 23.6 Å². The lowest BCUT2D eigenvalue weighted by atomic mass is 10.7. The summed E-state index contributed by atoms with van der Waals surface area (Å²) in [6.45, 7) is 0. The Balaban J connectivity index is 2.53. The van der Waals surface area contributed by atoms with Crippen LogP contribution in [0.1, 0.15) is 5.01 Å². The second kappa shape index (κ2) is 3.91. The third kappa shape index (κ3) is 2.09. The lowest BCUT2D eigenvalue weighted by molar-refractivity contribution is -0.138. The smallest absolute Gasteiger partial charge is 0.220 e. The summed E-state index contributed by atoms with van der Waals surface area (Å²) in [5, 5.41) is 2.32. The molecule has 0 aliphatic heterocycles. The molecule has 0 atom stereocenters. The second-order valence-electron chi connectivity index (χ2n) is 2.63. The van der Waals surface area contributed by atoms with Crippen LogP contribution in [-0.4, -0.2) is 19.7 Å². The van der Waals surface area contributed by atoms with Crippen LogP contribution < -0.4 is 0 Å². The fourth-order valence-corrected chi connectivity index (χ4v) is 1.89. The van der Waals surface area contributed by atoms with Crippen molar-refractivity contribution in [3.05, 3.63) is 27.4 Å². The summed E-state index contributed by atoms with van der Waals surface area (Å²) in [5.74, 6) is 0.0271. The summed E-state index contributed by atoms with van der Waals surface area (Å²) in [6.07, 6.45) is -1.70. The molecule has 0 saturated heterocycles. The van der Waals surface area contributed by atoms with Crippen molar-refractivity contribution in [1.82, 2.24) is 19.7 Å². The minimum absolute atomic E-state index is 0.0271. The Morgan fingerprint density at radius 1 is 1.25 bits per heavy atom. The van der Waals surface area contributed by atoms with Gasteiger partial charge >= 0.3 is 6.18 Å².